The van der Waals surface area contributed by atoms with E-state index in [-0.39, 0.29) is 11.5 Å². The monoisotopic (exact) mass is 304 g/mol. The van der Waals surface area contributed by atoms with Gasteiger partial charge in [-0.25, -0.2) is 9.97 Å². The number of aliphatic hydroxyl groups excluding tert-OH is 1. The molecular weight excluding hydrogens is 276 g/mol. The highest BCUT2D eigenvalue weighted by Crippen LogP contribution is 2.40. The summed E-state index contributed by atoms with van der Waals surface area (Å²) in [5.41, 5.74) is 2.22. The number of hydrogen-bond donors (Lipinski definition) is 1. The molecule has 1 spiro atoms. The number of aryl methyl sites for hydroxylation is 2. The van der Waals surface area contributed by atoms with Gasteiger partial charge in [0.25, 0.3) is 0 Å². The molecule has 122 valence electrons. The number of anilines is 1. The molecule has 0 bridgehead atoms. The molecule has 2 atom stereocenters. The Bertz CT molecular complexity index is 562. The van der Waals surface area contributed by atoms with E-state index in [1.165, 1.54) is 5.56 Å². The SMILES string of the molecule is Cc1nc(C)c(C)c(N2CCC[C@]3(CN(C)CC[C@@H]3O)C2)n1. The smallest absolute Gasteiger partial charge is 0.135 e. The quantitative estimate of drug-likeness (QED) is 0.855. The molecule has 0 aromatic carbocycles. The fraction of sp³-hybridized carbons (Fsp3) is 0.765. The van der Waals surface area contributed by atoms with Gasteiger partial charge in [0.2, 0.25) is 0 Å². The van der Waals surface area contributed by atoms with Crippen molar-refractivity contribution in [3.63, 3.8) is 0 Å². The first-order valence-corrected chi connectivity index (χ1v) is 8.35. The van der Waals surface area contributed by atoms with Gasteiger partial charge in [-0.2, -0.15) is 0 Å². The van der Waals surface area contributed by atoms with Gasteiger partial charge in [-0.15, -0.1) is 0 Å². The van der Waals surface area contributed by atoms with Crippen molar-refractivity contribution in [2.45, 2.75) is 46.1 Å². The highest BCUT2D eigenvalue weighted by molar-refractivity contribution is 5.49. The second-order valence-corrected chi connectivity index (χ2v) is 7.23. The van der Waals surface area contributed by atoms with Crippen molar-refractivity contribution in [3.05, 3.63) is 17.1 Å². The maximum Gasteiger partial charge on any atom is 0.135 e. The zero-order valence-corrected chi connectivity index (χ0v) is 14.3. The lowest BCUT2D eigenvalue weighted by atomic mass is 9.71. The first kappa shape index (κ1) is 15.7. The first-order valence-electron chi connectivity index (χ1n) is 8.35. The Morgan fingerprint density at radius 2 is 1.91 bits per heavy atom. The van der Waals surface area contributed by atoms with Gasteiger partial charge in [-0.1, -0.05) is 0 Å². The standard InChI is InChI=1S/C17H28N4O/c1-12-13(2)18-14(3)19-16(12)21-8-5-7-17(11-21)10-20(4)9-6-15(17)22/h15,22H,5-11H2,1-4H3/t15-,17-/m0/s1. The van der Waals surface area contributed by atoms with Crippen molar-refractivity contribution in [2.24, 2.45) is 5.41 Å². The molecule has 0 amide bonds. The summed E-state index contributed by atoms with van der Waals surface area (Å²) >= 11 is 0. The number of aromatic nitrogens is 2. The summed E-state index contributed by atoms with van der Waals surface area (Å²) in [7, 11) is 2.16. The third-order valence-electron chi connectivity index (χ3n) is 5.46. The Labute approximate surface area is 133 Å². The second kappa shape index (κ2) is 5.78. The summed E-state index contributed by atoms with van der Waals surface area (Å²) in [4.78, 5) is 13.9. The zero-order valence-electron chi connectivity index (χ0n) is 14.3. The molecule has 1 aromatic heterocycles. The molecule has 3 rings (SSSR count). The molecule has 2 fully saturated rings. The van der Waals surface area contributed by atoms with E-state index in [9.17, 15) is 5.11 Å². The average Bonchev–Trinajstić information content (AvgIpc) is 2.47. The lowest BCUT2D eigenvalue weighted by Gasteiger charge is -2.50. The predicted octanol–water partition coefficient (Wildman–Crippen LogP) is 1.68. The van der Waals surface area contributed by atoms with E-state index in [1.54, 1.807) is 0 Å². The Morgan fingerprint density at radius 1 is 1.14 bits per heavy atom. The van der Waals surface area contributed by atoms with Gasteiger partial charge in [0, 0.05) is 42.9 Å². The fourth-order valence-electron chi connectivity index (χ4n) is 4.17. The van der Waals surface area contributed by atoms with Gasteiger partial charge in [0.1, 0.15) is 11.6 Å². The largest absolute Gasteiger partial charge is 0.392 e. The van der Waals surface area contributed by atoms with Crippen LogP contribution in [0.15, 0.2) is 0 Å². The zero-order chi connectivity index (χ0) is 15.9. The first-order chi connectivity index (χ1) is 10.4. The molecule has 1 N–H and O–H groups in total. The lowest BCUT2D eigenvalue weighted by molar-refractivity contribution is -0.0466. The van der Waals surface area contributed by atoms with Crippen LogP contribution in [0.4, 0.5) is 5.82 Å². The molecule has 0 saturated carbocycles. The summed E-state index contributed by atoms with van der Waals surface area (Å²) < 4.78 is 0. The maximum atomic E-state index is 10.7. The fourth-order valence-corrected chi connectivity index (χ4v) is 4.17. The molecule has 1 aromatic rings. The summed E-state index contributed by atoms with van der Waals surface area (Å²) in [6.45, 7) is 10.0. The Morgan fingerprint density at radius 3 is 2.68 bits per heavy atom. The molecular formula is C17H28N4O. The minimum Gasteiger partial charge on any atom is -0.392 e. The van der Waals surface area contributed by atoms with Crippen LogP contribution in [0.1, 0.15) is 36.3 Å². The van der Waals surface area contributed by atoms with E-state index >= 15 is 0 Å². The van der Waals surface area contributed by atoms with Gasteiger partial charge < -0.3 is 14.9 Å². The van der Waals surface area contributed by atoms with E-state index in [0.29, 0.717) is 0 Å². The number of piperidine rings is 2. The molecule has 5 heteroatoms. The van der Waals surface area contributed by atoms with Gasteiger partial charge in [0.15, 0.2) is 0 Å². The molecule has 2 aliphatic heterocycles. The van der Waals surface area contributed by atoms with E-state index in [2.05, 4.69) is 35.7 Å². The van der Waals surface area contributed by atoms with Crippen molar-refractivity contribution < 1.29 is 5.11 Å². The third kappa shape index (κ3) is 2.72. The minimum absolute atomic E-state index is 0.00947. The molecule has 0 radical (unpaired) electrons. The molecule has 22 heavy (non-hydrogen) atoms. The number of aliphatic hydroxyl groups is 1. The van der Waals surface area contributed by atoms with Crippen LogP contribution in [-0.4, -0.2) is 59.3 Å². The topological polar surface area (TPSA) is 52.5 Å². The molecule has 5 nitrogen and oxygen atoms in total. The maximum absolute atomic E-state index is 10.7. The van der Waals surface area contributed by atoms with Crippen molar-refractivity contribution in [2.75, 3.05) is 38.1 Å². The van der Waals surface area contributed by atoms with Crippen LogP contribution in [0.25, 0.3) is 0 Å². The van der Waals surface area contributed by atoms with Gasteiger partial charge in [-0.3, -0.25) is 0 Å². The van der Waals surface area contributed by atoms with Crippen LogP contribution in [0.2, 0.25) is 0 Å². The van der Waals surface area contributed by atoms with Crippen LogP contribution < -0.4 is 4.90 Å². The van der Waals surface area contributed by atoms with E-state index in [0.717, 1.165) is 62.8 Å². The molecule has 0 unspecified atom stereocenters. The Hall–Kier alpha value is -1.20. The van der Waals surface area contributed by atoms with Crippen molar-refractivity contribution >= 4 is 5.82 Å². The van der Waals surface area contributed by atoms with E-state index < -0.39 is 0 Å². The molecule has 0 aliphatic carbocycles. The summed E-state index contributed by atoms with van der Waals surface area (Å²) in [6.07, 6.45) is 2.91. The summed E-state index contributed by atoms with van der Waals surface area (Å²) in [6, 6.07) is 0. The molecule has 3 heterocycles. The normalized spacial score (nSPS) is 30.0. The van der Waals surface area contributed by atoms with Crippen LogP contribution in [0.3, 0.4) is 0 Å². The molecule has 2 aliphatic rings. The predicted molar refractivity (Wildman–Crippen MR) is 88.2 cm³/mol. The number of rotatable bonds is 1. The summed E-state index contributed by atoms with van der Waals surface area (Å²) in [5.74, 6) is 1.89. The van der Waals surface area contributed by atoms with Crippen molar-refractivity contribution in [1.29, 1.82) is 0 Å². The molecule has 2 saturated heterocycles. The van der Waals surface area contributed by atoms with Crippen LogP contribution in [0, 0.1) is 26.2 Å². The Balaban J connectivity index is 1.90. The third-order valence-corrected chi connectivity index (χ3v) is 5.46. The van der Waals surface area contributed by atoms with E-state index in [1.807, 2.05) is 6.92 Å². The number of nitrogens with zero attached hydrogens (tertiary/aromatic N) is 4. The minimum atomic E-state index is -0.198. The van der Waals surface area contributed by atoms with Gasteiger partial charge in [0.05, 0.1) is 6.10 Å². The Kier molecular flexibility index (Phi) is 4.12. The van der Waals surface area contributed by atoms with E-state index in [4.69, 9.17) is 4.98 Å². The van der Waals surface area contributed by atoms with Crippen molar-refractivity contribution in [1.82, 2.24) is 14.9 Å². The van der Waals surface area contributed by atoms with Gasteiger partial charge in [-0.05, 0) is 47.1 Å². The summed E-state index contributed by atoms with van der Waals surface area (Å²) in [5, 5.41) is 10.7. The van der Waals surface area contributed by atoms with Gasteiger partial charge >= 0.3 is 0 Å². The van der Waals surface area contributed by atoms with Crippen LogP contribution in [0.5, 0.6) is 0 Å². The lowest BCUT2D eigenvalue weighted by Crippen LogP contribution is -2.58. The van der Waals surface area contributed by atoms with Crippen LogP contribution >= 0.6 is 0 Å². The number of likely N-dealkylation sites (tertiary alicyclic amines) is 1. The number of hydrogen-bond acceptors (Lipinski definition) is 5. The van der Waals surface area contributed by atoms with Crippen LogP contribution in [-0.2, 0) is 0 Å². The average molecular weight is 304 g/mol. The highest BCUT2D eigenvalue weighted by Gasteiger charge is 2.45. The second-order valence-electron chi connectivity index (χ2n) is 7.23. The van der Waals surface area contributed by atoms with Crippen molar-refractivity contribution in [3.8, 4) is 0 Å². The highest BCUT2D eigenvalue weighted by atomic mass is 16.3.